The molecule has 0 aromatic heterocycles. The molecule has 2 aliphatic heterocycles. The lowest BCUT2D eigenvalue weighted by atomic mass is 10.3. The van der Waals surface area contributed by atoms with Crippen molar-refractivity contribution in [1.82, 2.24) is 0 Å². The Balaban J connectivity index is -0.0000000701. The standard InChI is InChI=1S/2C6H15N3.2BF4.4ClH/c2*1-2-8-5-6-9-4-3-7-1;2*2-1(3,4)5;;;;/h2*7-9H,1-6H2;;;4*1H/q;;2*-1;;;;/p+2. The van der Waals surface area contributed by atoms with Crippen molar-refractivity contribution in [1.29, 1.82) is 0 Å². The average molecular weight is 580 g/mol. The fraction of sp³-hybridized carbons (Fsp3) is 1.00. The summed E-state index contributed by atoms with van der Waals surface area (Å²) in [4.78, 5) is 0. The van der Waals surface area contributed by atoms with Gasteiger partial charge in [0.1, 0.15) is 78.5 Å². The molecule has 0 amide bonds. The van der Waals surface area contributed by atoms with Crippen LogP contribution in [0.2, 0.25) is 0 Å². The maximum absolute atomic E-state index is 9.75. The van der Waals surface area contributed by atoms with Gasteiger partial charge in [0.2, 0.25) is 0 Å². The van der Waals surface area contributed by atoms with E-state index in [9.17, 15) is 34.5 Å². The highest BCUT2D eigenvalue weighted by Gasteiger charge is 2.21. The molecule has 204 valence electrons. The highest BCUT2D eigenvalue weighted by atomic mass is 35.5. The van der Waals surface area contributed by atoms with Crippen molar-refractivity contribution < 1.29 is 116 Å². The van der Waals surface area contributed by atoms with E-state index in [1.807, 2.05) is 0 Å². The highest BCUT2D eigenvalue weighted by molar-refractivity contribution is 6.50. The lowest BCUT2D eigenvalue weighted by molar-refractivity contribution is -0.718. The van der Waals surface area contributed by atoms with Crippen LogP contribution in [0.5, 0.6) is 0 Å². The molecule has 32 heavy (non-hydrogen) atoms. The number of quaternary nitrogens is 6. The predicted molar refractivity (Wildman–Crippen MR) is 90.3 cm³/mol. The third-order valence-electron chi connectivity index (χ3n) is 3.45. The van der Waals surface area contributed by atoms with Crippen LogP contribution < -0.4 is 81.5 Å². The molecule has 0 spiro atoms. The monoisotopic (exact) mass is 578 g/mol. The first-order valence-electron chi connectivity index (χ1n) is 9.64. The maximum Gasteiger partial charge on any atom is 0.673 e. The molecule has 0 saturated carbocycles. The van der Waals surface area contributed by atoms with Gasteiger partial charge in [0.05, 0.1) is 0 Å². The van der Waals surface area contributed by atoms with Crippen molar-refractivity contribution in [2.45, 2.75) is 0 Å². The van der Waals surface area contributed by atoms with Crippen LogP contribution in [0.3, 0.4) is 0 Å². The van der Waals surface area contributed by atoms with Gasteiger partial charge in [-0.25, -0.2) is 0 Å². The quantitative estimate of drug-likeness (QED) is 0.121. The Kier molecular flexibility index (Phi) is 45.2. The van der Waals surface area contributed by atoms with Crippen LogP contribution in [0.1, 0.15) is 0 Å². The van der Waals surface area contributed by atoms with E-state index in [2.05, 4.69) is 31.9 Å². The molecule has 0 aliphatic carbocycles. The number of hydrogen-bond acceptors (Lipinski definition) is 0. The first-order chi connectivity index (χ1) is 13.0. The Morgan fingerprint density at radius 2 is 0.344 bits per heavy atom. The summed E-state index contributed by atoms with van der Waals surface area (Å²) in [5.41, 5.74) is 0. The molecule has 0 radical (unpaired) electrons. The molecule has 2 heterocycles. The zero-order chi connectivity index (χ0) is 21.7. The molecular weight excluding hydrogens is 544 g/mol. The number of halogens is 12. The normalized spacial score (nSPS) is 17.2. The first kappa shape index (κ1) is 45.9. The molecule has 20 heteroatoms. The van der Waals surface area contributed by atoms with Crippen molar-refractivity contribution in [3.8, 4) is 0 Å². The van der Waals surface area contributed by atoms with Crippen LogP contribution in [0, 0.1) is 0 Å². The van der Waals surface area contributed by atoms with Crippen LogP contribution >= 0.6 is 0 Å². The molecule has 0 aromatic carbocycles. The minimum absolute atomic E-state index is 0. The zero-order valence-electron chi connectivity index (χ0n) is 17.6. The fourth-order valence-electron chi connectivity index (χ4n) is 2.28. The van der Waals surface area contributed by atoms with Gasteiger partial charge in [-0.15, -0.1) is 0 Å². The van der Waals surface area contributed by atoms with Crippen LogP contribution in [-0.2, 0) is 0 Å². The van der Waals surface area contributed by atoms with Gasteiger partial charge in [-0.1, -0.05) is 0 Å². The maximum atomic E-state index is 9.75. The Labute approximate surface area is 209 Å². The Hall–Kier alpha value is 0.490. The van der Waals surface area contributed by atoms with Gasteiger partial charge in [-0.05, 0) is 0 Å². The van der Waals surface area contributed by atoms with E-state index < -0.39 is 14.5 Å². The second-order valence-electron chi connectivity index (χ2n) is 6.19. The van der Waals surface area contributed by atoms with Crippen LogP contribution in [0.15, 0.2) is 0 Å². The molecule has 0 bridgehead atoms. The smallest absolute Gasteiger partial charge is 0.673 e. The number of nitrogens with two attached hydrogens (primary N) is 6. The number of rotatable bonds is 0. The molecule has 2 saturated heterocycles. The minimum atomic E-state index is -6.00. The Morgan fingerprint density at radius 3 is 0.406 bits per heavy atom. The topological polar surface area (TPSA) is 99.7 Å². The second-order valence-corrected chi connectivity index (χ2v) is 6.19. The summed E-state index contributed by atoms with van der Waals surface area (Å²) in [5, 5.41) is 14.4. The van der Waals surface area contributed by atoms with Crippen LogP contribution in [-0.4, -0.2) is 93.0 Å². The van der Waals surface area contributed by atoms with Gasteiger partial charge in [0.25, 0.3) is 0 Å². The van der Waals surface area contributed by atoms with Gasteiger partial charge < -0.3 is 116 Å². The summed E-state index contributed by atoms with van der Waals surface area (Å²) in [6.45, 7) is 15.6. The van der Waals surface area contributed by atoms with Gasteiger partial charge in [-0.2, -0.15) is 0 Å². The largest absolute Gasteiger partial charge is 1.00 e. The lowest BCUT2D eigenvalue weighted by Crippen LogP contribution is -3.00. The van der Waals surface area contributed by atoms with E-state index in [1.54, 1.807) is 0 Å². The fourth-order valence-corrected chi connectivity index (χ4v) is 2.28. The van der Waals surface area contributed by atoms with Crippen LogP contribution in [0.4, 0.5) is 34.5 Å². The summed E-state index contributed by atoms with van der Waals surface area (Å²) < 4.78 is 78.0. The predicted octanol–water partition coefficient (Wildman–Crippen LogP) is -18.0. The minimum Gasteiger partial charge on any atom is -1.00 e. The zero-order valence-corrected chi connectivity index (χ0v) is 20.7. The summed E-state index contributed by atoms with van der Waals surface area (Å²) in [7, 11) is -12.0. The molecule has 12 N–H and O–H groups in total. The summed E-state index contributed by atoms with van der Waals surface area (Å²) in [5.74, 6) is 0. The molecule has 2 fully saturated rings. The molecule has 0 atom stereocenters. The van der Waals surface area contributed by atoms with Crippen molar-refractivity contribution in [3.63, 3.8) is 0 Å². The van der Waals surface area contributed by atoms with Gasteiger partial charge in [-0.3, -0.25) is 0 Å². The van der Waals surface area contributed by atoms with Gasteiger partial charge in [0.15, 0.2) is 0 Å². The van der Waals surface area contributed by atoms with E-state index in [1.165, 1.54) is 78.5 Å². The van der Waals surface area contributed by atoms with E-state index in [0.29, 0.717) is 0 Å². The molecule has 2 rings (SSSR count). The van der Waals surface area contributed by atoms with Crippen LogP contribution in [0.25, 0.3) is 0 Å². The number of hydrogen-bond donors (Lipinski definition) is 6. The van der Waals surface area contributed by atoms with Crippen molar-refractivity contribution >= 4 is 14.5 Å². The molecule has 6 nitrogen and oxygen atoms in total. The summed E-state index contributed by atoms with van der Waals surface area (Å²) in [6.07, 6.45) is 0. The third kappa shape index (κ3) is 77.6. The van der Waals surface area contributed by atoms with Gasteiger partial charge >= 0.3 is 14.5 Å². The first-order valence-corrected chi connectivity index (χ1v) is 9.64. The molecule has 0 aromatic rings. The molecular formula is C12H36B2Cl4F8N6. The summed E-state index contributed by atoms with van der Waals surface area (Å²) in [6, 6.07) is 0. The van der Waals surface area contributed by atoms with Gasteiger partial charge in [0, 0.05) is 0 Å². The van der Waals surface area contributed by atoms with E-state index in [0.717, 1.165) is 0 Å². The lowest BCUT2D eigenvalue weighted by Gasteiger charge is -1.94. The second kappa shape index (κ2) is 31.5. The SMILES string of the molecule is C1C[NH2+]CC[NH2+]CC[NH2+]1.C1C[NH2+]CC[NH2+]CC[NH2+]1.F[B-](F)(F)F.F[B-](F)(F)F.[Cl-].[Cl-].[Cl-].[Cl-]. The van der Waals surface area contributed by atoms with Crippen molar-refractivity contribution in [2.24, 2.45) is 0 Å². The van der Waals surface area contributed by atoms with E-state index in [-0.39, 0.29) is 49.6 Å². The van der Waals surface area contributed by atoms with Crippen molar-refractivity contribution in [3.05, 3.63) is 0 Å². The molecule has 2 aliphatic rings. The summed E-state index contributed by atoms with van der Waals surface area (Å²) >= 11 is 0. The van der Waals surface area contributed by atoms with Crippen molar-refractivity contribution in [2.75, 3.05) is 78.5 Å². The van der Waals surface area contributed by atoms with E-state index in [4.69, 9.17) is 0 Å². The Morgan fingerprint density at radius 1 is 0.281 bits per heavy atom. The third-order valence-corrected chi connectivity index (χ3v) is 3.45. The molecule has 0 unspecified atom stereocenters. The Bertz CT molecular complexity index is 244. The average Bonchev–Trinajstić information content (AvgIpc) is 2.78. The van der Waals surface area contributed by atoms with E-state index >= 15 is 0 Å². The highest BCUT2D eigenvalue weighted by Crippen LogP contribution is 2.07.